The molecule has 1 aliphatic heterocycles. The van der Waals surface area contributed by atoms with Crippen LogP contribution < -0.4 is 4.90 Å². The minimum absolute atomic E-state index is 0.175. The summed E-state index contributed by atoms with van der Waals surface area (Å²) >= 11 is 3.32. The third kappa shape index (κ3) is 4.75. The molecule has 0 spiro atoms. The van der Waals surface area contributed by atoms with Crippen LogP contribution in [0.1, 0.15) is 51.5 Å². The van der Waals surface area contributed by atoms with Crippen LogP contribution in [0.2, 0.25) is 0 Å². The van der Waals surface area contributed by atoms with Crippen LogP contribution in [0.4, 0.5) is 5.69 Å². The topological polar surface area (TPSA) is 80.8 Å². The number of carbonyl (C=O) groups excluding carboxylic acids is 4. The van der Waals surface area contributed by atoms with E-state index in [-0.39, 0.29) is 40.9 Å². The van der Waals surface area contributed by atoms with E-state index in [9.17, 15) is 19.2 Å². The van der Waals surface area contributed by atoms with Crippen molar-refractivity contribution in [2.75, 3.05) is 11.5 Å². The van der Waals surface area contributed by atoms with Gasteiger partial charge in [0.05, 0.1) is 23.1 Å². The molecule has 7 heteroatoms. The number of ether oxygens (including phenoxy) is 1. The second-order valence-corrected chi connectivity index (χ2v) is 10.1. The van der Waals surface area contributed by atoms with E-state index in [2.05, 4.69) is 28.1 Å². The Labute approximate surface area is 217 Å². The first-order valence-corrected chi connectivity index (χ1v) is 12.7. The van der Waals surface area contributed by atoms with Gasteiger partial charge in [0, 0.05) is 10.0 Å². The Bertz CT molecular complexity index is 1320. The van der Waals surface area contributed by atoms with Gasteiger partial charge in [0.1, 0.15) is 0 Å². The van der Waals surface area contributed by atoms with Crippen molar-refractivity contribution in [3.8, 4) is 0 Å². The molecule has 3 atom stereocenters. The molecule has 3 aromatic carbocycles. The number of hydrogen-bond donors (Lipinski definition) is 0. The van der Waals surface area contributed by atoms with Crippen molar-refractivity contribution in [1.82, 2.24) is 0 Å². The van der Waals surface area contributed by atoms with Gasteiger partial charge in [-0.3, -0.25) is 19.3 Å². The summed E-state index contributed by atoms with van der Waals surface area (Å²) < 4.78 is 6.06. The Morgan fingerprint density at radius 1 is 0.833 bits per heavy atom. The highest BCUT2D eigenvalue weighted by Crippen LogP contribution is 2.45. The largest absolute Gasteiger partial charge is 0.454 e. The van der Waals surface area contributed by atoms with Gasteiger partial charge in [0.25, 0.3) is 0 Å². The molecule has 1 heterocycles. The van der Waals surface area contributed by atoms with Crippen molar-refractivity contribution in [2.45, 2.75) is 25.2 Å². The zero-order valence-corrected chi connectivity index (χ0v) is 21.0. The van der Waals surface area contributed by atoms with Crippen LogP contribution in [-0.2, 0) is 14.3 Å². The quantitative estimate of drug-likeness (QED) is 0.230. The van der Waals surface area contributed by atoms with Crippen molar-refractivity contribution >= 4 is 45.2 Å². The molecule has 1 aliphatic carbocycles. The number of ketones is 1. The number of benzene rings is 3. The molecule has 2 fully saturated rings. The first kappa shape index (κ1) is 24.1. The smallest absolute Gasteiger partial charge is 0.338 e. The molecule has 0 radical (unpaired) electrons. The van der Waals surface area contributed by atoms with Crippen molar-refractivity contribution < 1.29 is 23.9 Å². The molecule has 2 amide bonds. The van der Waals surface area contributed by atoms with Crippen molar-refractivity contribution in [1.29, 1.82) is 0 Å². The Balaban J connectivity index is 1.28. The molecule has 0 N–H and O–H groups in total. The van der Waals surface area contributed by atoms with Crippen LogP contribution >= 0.6 is 15.9 Å². The Kier molecular flexibility index (Phi) is 6.83. The summed E-state index contributed by atoms with van der Waals surface area (Å²) in [5.74, 6) is -1.91. The third-order valence-corrected chi connectivity index (χ3v) is 7.57. The molecule has 1 saturated heterocycles. The summed E-state index contributed by atoms with van der Waals surface area (Å²) in [6.45, 7) is -0.405. The summed E-state index contributed by atoms with van der Waals surface area (Å²) in [6, 6.07) is 23.1. The lowest BCUT2D eigenvalue weighted by Crippen LogP contribution is -2.31. The molecule has 5 rings (SSSR count). The first-order valence-electron chi connectivity index (χ1n) is 11.9. The molecular weight excluding hydrogens is 522 g/mol. The fraction of sp³-hybridized carbons (Fsp3) is 0.241. The molecule has 0 bridgehead atoms. The van der Waals surface area contributed by atoms with E-state index in [0.29, 0.717) is 24.1 Å². The predicted molar refractivity (Wildman–Crippen MR) is 138 cm³/mol. The molecule has 2 aliphatic rings. The summed E-state index contributed by atoms with van der Waals surface area (Å²) in [4.78, 5) is 52.8. The molecule has 0 aromatic heterocycles. The number of carbonyl (C=O) groups is 4. The van der Waals surface area contributed by atoms with Crippen molar-refractivity contribution in [3.63, 3.8) is 0 Å². The van der Waals surface area contributed by atoms with E-state index >= 15 is 0 Å². The van der Waals surface area contributed by atoms with Gasteiger partial charge < -0.3 is 4.74 Å². The average Bonchev–Trinajstić information content (AvgIpc) is 3.17. The van der Waals surface area contributed by atoms with E-state index in [1.165, 1.54) is 16.5 Å². The third-order valence-electron chi connectivity index (χ3n) is 7.04. The van der Waals surface area contributed by atoms with Gasteiger partial charge in [-0.15, -0.1) is 0 Å². The standard InChI is InChI=1S/C29H24BrNO5/c30-22-12-9-19(10-13-22)26(32)17-36-29(35)21-7-4-8-23(15-21)31-27(33)24-14-11-20(16-25(24)28(31)34)18-5-2-1-3-6-18/h1-10,12-13,15,20,24-25H,11,14,16-17H2/t20-,24-,25-/m1/s1. The lowest BCUT2D eigenvalue weighted by atomic mass is 9.73. The van der Waals surface area contributed by atoms with E-state index in [1.807, 2.05) is 18.2 Å². The number of anilines is 1. The number of rotatable bonds is 6. The highest BCUT2D eigenvalue weighted by atomic mass is 79.9. The number of amides is 2. The highest BCUT2D eigenvalue weighted by Gasteiger charge is 2.50. The molecule has 6 nitrogen and oxygen atoms in total. The van der Waals surface area contributed by atoms with E-state index < -0.39 is 12.6 Å². The first-order chi connectivity index (χ1) is 17.4. The number of esters is 1. The molecular formula is C29H24BrNO5. The second-order valence-electron chi connectivity index (χ2n) is 9.20. The van der Waals surface area contributed by atoms with Gasteiger partial charge in [-0.1, -0.05) is 64.5 Å². The maximum Gasteiger partial charge on any atom is 0.338 e. The molecule has 0 unspecified atom stereocenters. The molecule has 3 aromatic rings. The second kappa shape index (κ2) is 10.2. The average molecular weight is 546 g/mol. The van der Waals surface area contributed by atoms with Crippen LogP contribution in [0.3, 0.4) is 0 Å². The minimum atomic E-state index is -0.692. The zero-order valence-electron chi connectivity index (χ0n) is 19.4. The fourth-order valence-electron chi connectivity index (χ4n) is 5.17. The predicted octanol–water partition coefficient (Wildman–Crippen LogP) is 5.56. The number of fused-ring (bicyclic) bond motifs is 1. The van der Waals surface area contributed by atoms with E-state index in [0.717, 1.165) is 10.9 Å². The van der Waals surface area contributed by atoms with Crippen molar-refractivity contribution in [3.05, 3.63) is 100 Å². The van der Waals surface area contributed by atoms with Gasteiger partial charge in [-0.05, 0) is 61.1 Å². The van der Waals surface area contributed by atoms with Crippen LogP contribution in [0, 0.1) is 11.8 Å². The minimum Gasteiger partial charge on any atom is -0.454 e. The number of imide groups is 1. The normalized spacial score (nSPS) is 21.2. The summed E-state index contributed by atoms with van der Waals surface area (Å²) in [5.41, 5.74) is 2.15. The van der Waals surface area contributed by atoms with E-state index in [1.54, 1.807) is 42.5 Å². The Morgan fingerprint density at radius 2 is 1.56 bits per heavy atom. The maximum atomic E-state index is 13.3. The van der Waals surface area contributed by atoms with Crippen molar-refractivity contribution in [2.24, 2.45) is 11.8 Å². The molecule has 1 saturated carbocycles. The van der Waals surface area contributed by atoms with Crippen LogP contribution in [-0.4, -0.2) is 30.2 Å². The number of Topliss-reactive ketones (excluding diaryl/α,β-unsaturated/α-hetero) is 1. The summed E-state index contributed by atoms with van der Waals surface area (Å²) in [7, 11) is 0. The maximum absolute atomic E-state index is 13.3. The lowest BCUT2D eigenvalue weighted by molar-refractivity contribution is -0.122. The monoisotopic (exact) mass is 545 g/mol. The van der Waals surface area contributed by atoms with Gasteiger partial charge in [-0.2, -0.15) is 0 Å². The highest BCUT2D eigenvalue weighted by molar-refractivity contribution is 9.10. The lowest BCUT2D eigenvalue weighted by Gasteiger charge is -2.28. The van der Waals surface area contributed by atoms with Gasteiger partial charge in [0.2, 0.25) is 11.8 Å². The zero-order chi connectivity index (χ0) is 25.2. The van der Waals surface area contributed by atoms with Gasteiger partial charge in [0.15, 0.2) is 12.4 Å². The SMILES string of the molecule is O=C(COC(=O)c1cccc(N2C(=O)[C@@H]3CC[C@@H](c4ccccc4)C[C@H]3C2=O)c1)c1ccc(Br)cc1. The van der Waals surface area contributed by atoms with E-state index in [4.69, 9.17) is 4.74 Å². The Morgan fingerprint density at radius 3 is 2.31 bits per heavy atom. The Hall–Kier alpha value is -3.58. The van der Waals surface area contributed by atoms with Crippen LogP contribution in [0.25, 0.3) is 0 Å². The summed E-state index contributed by atoms with van der Waals surface area (Å²) in [6.07, 6.45) is 2.15. The fourth-order valence-corrected chi connectivity index (χ4v) is 5.43. The molecule has 182 valence electrons. The summed E-state index contributed by atoms with van der Waals surface area (Å²) in [5, 5.41) is 0. The van der Waals surface area contributed by atoms with Crippen LogP contribution in [0.5, 0.6) is 0 Å². The van der Waals surface area contributed by atoms with Gasteiger partial charge in [-0.25, -0.2) is 4.79 Å². The number of hydrogen-bond acceptors (Lipinski definition) is 5. The van der Waals surface area contributed by atoms with Crippen LogP contribution in [0.15, 0.2) is 83.3 Å². The number of halogens is 1. The van der Waals surface area contributed by atoms with Gasteiger partial charge >= 0.3 is 5.97 Å². The molecule has 36 heavy (non-hydrogen) atoms. The number of nitrogens with zero attached hydrogens (tertiary/aromatic N) is 1.